The van der Waals surface area contributed by atoms with Gasteiger partial charge in [-0.1, -0.05) is 0 Å². The second-order valence-electron chi connectivity index (χ2n) is 3.70. The van der Waals surface area contributed by atoms with Crippen LogP contribution in [0.4, 0.5) is 0 Å². The number of likely N-dealkylation sites (tertiary alicyclic amines) is 1. The summed E-state index contributed by atoms with van der Waals surface area (Å²) in [5.41, 5.74) is 0. The van der Waals surface area contributed by atoms with Gasteiger partial charge in [0.25, 0.3) is 0 Å². The van der Waals surface area contributed by atoms with E-state index in [1.54, 1.807) is 6.26 Å². The molecule has 0 amide bonds. The van der Waals surface area contributed by atoms with Crippen molar-refractivity contribution in [3.63, 3.8) is 0 Å². The third-order valence-corrected chi connectivity index (χ3v) is 3.24. The lowest BCUT2D eigenvalue weighted by molar-refractivity contribution is 0.156. The Hall–Kier alpha value is 0.0700. The second-order valence-corrected chi connectivity index (χ2v) is 5.26. The molecule has 1 rings (SSSR count). The summed E-state index contributed by atoms with van der Waals surface area (Å²) >= 11 is 0. The van der Waals surface area contributed by atoms with Crippen LogP contribution in [0.2, 0.25) is 0 Å². The van der Waals surface area contributed by atoms with Crippen molar-refractivity contribution in [1.29, 1.82) is 0 Å². The molecule has 1 N–H and O–H groups in total. The van der Waals surface area contributed by atoms with Crippen molar-refractivity contribution in [2.24, 2.45) is 0 Å². The third kappa shape index (κ3) is 4.74. The molecule has 1 saturated heterocycles. The van der Waals surface area contributed by atoms with Gasteiger partial charge in [0.2, 0.25) is 0 Å². The Labute approximate surface area is 82.6 Å². The molecule has 78 valence electrons. The Balaban J connectivity index is 2.22. The van der Waals surface area contributed by atoms with E-state index in [1.807, 2.05) is 0 Å². The number of aliphatic hydroxyl groups is 1. The van der Waals surface area contributed by atoms with Crippen molar-refractivity contribution in [2.45, 2.75) is 25.4 Å². The maximum atomic E-state index is 10.9. The second kappa shape index (κ2) is 5.73. The molecule has 1 aliphatic rings. The van der Waals surface area contributed by atoms with Crippen LogP contribution in [0.3, 0.4) is 0 Å². The molecular weight excluding hydrogens is 186 g/mol. The number of rotatable bonds is 3. The zero-order chi connectivity index (χ0) is 9.68. The number of hydrogen-bond donors (Lipinski definition) is 1. The van der Waals surface area contributed by atoms with Crippen LogP contribution in [-0.4, -0.2) is 52.0 Å². The van der Waals surface area contributed by atoms with Crippen molar-refractivity contribution >= 4 is 10.8 Å². The minimum atomic E-state index is -0.686. The fourth-order valence-corrected chi connectivity index (χ4v) is 2.13. The van der Waals surface area contributed by atoms with Crippen molar-refractivity contribution in [3.8, 4) is 0 Å². The molecule has 0 aromatic carbocycles. The maximum absolute atomic E-state index is 10.9. The molecular formula is C9H19NO2S. The standard InChI is InChI=1S/C9H19NO2S/c1-13(12)8-7-10-5-2-3-9(11)4-6-10/h9,11H,2-8H2,1H3. The zero-order valence-electron chi connectivity index (χ0n) is 8.24. The van der Waals surface area contributed by atoms with Gasteiger partial charge >= 0.3 is 0 Å². The van der Waals surface area contributed by atoms with E-state index in [0.29, 0.717) is 0 Å². The van der Waals surface area contributed by atoms with E-state index in [9.17, 15) is 9.32 Å². The van der Waals surface area contributed by atoms with Gasteiger partial charge in [-0.2, -0.15) is 0 Å². The maximum Gasteiger partial charge on any atom is 0.0553 e. The van der Waals surface area contributed by atoms with Crippen LogP contribution in [0.15, 0.2) is 0 Å². The van der Waals surface area contributed by atoms with Gasteiger partial charge in [0.1, 0.15) is 0 Å². The molecule has 2 atom stereocenters. The van der Waals surface area contributed by atoms with Crippen LogP contribution in [0.5, 0.6) is 0 Å². The normalized spacial score (nSPS) is 28.3. The molecule has 0 spiro atoms. The molecule has 0 saturated carbocycles. The van der Waals surface area contributed by atoms with Gasteiger partial charge in [-0.05, 0) is 25.8 Å². The van der Waals surface area contributed by atoms with Crippen LogP contribution in [-0.2, 0) is 10.8 Å². The highest BCUT2D eigenvalue weighted by Crippen LogP contribution is 2.10. The summed E-state index contributed by atoms with van der Waals surface area (Å²) in [4.78, 5) is 2.30. The predicted molar refractivity (Wildman–Crippen MR) is 55.2 cm³/mol. The summed E-state index contributed by atoms with van der Waals surface area (Å²) in [5.74, 6) is 0.760. The smallest absolute Gasteiger partial charge is 0.0553 e. The Morgan fingerprint density at radius 1 is 1.46 bits per heavy atom. The van der Waals surface area contributed by atoms with E-state index < -0.39 is 10.8 Å². The highest BCUT2D eigenvalue weighted by Gasteiger charge is 2.14. The topological polar surface area (TPSA) is 40.5 Å². The fraction of sp³-hybridized carbons (Fsp3) is 1.00. The largest absolute Gasteiger partial charge is 0.393 e. The van der Waals surface area contributed by atoms with E-state index in [1.165, 1.54) is 0 Å². The van der Waals surface area contributed by atoms with Gasteiger partial charge in [0.15, 0.2) is 0 Å². The van der Waals surface area contributed by atoms with Crippen LogP contribution < -0.4 is 0 Å². The predicted octanol–water partition coefficient (Wildman–Crippen LogP) is 0.212. The van der Waals surface area contributed by atoms with Crippen molar-refractivity contribution in [3.05, 3.63) is 0 Å². The molecule has 2 unspecified atom stereocenters. The first-order chi connectivity index (χ1) is 6.18. The molecule has 1 heterocycles. The first kappa shape index (κ1) is 11.1. The average Bonchev–Trinajstić information content (AvgIpc) is 2.27. The molecule has 0 bridgehead atoms. The van der Waals surface area contributed by atoms with Crippen LogP contribution in [0, 0.1) is 0 Å². The summed E-state index contributed by atoms with van der Waals surface area (Å²) in [6.45, 7) is 2.92. The van der Waals surface area contributed by atoms with E-state index in [-0.39, 0.29) is 6.10 Å². The van der Waals surface area contributed by atoms with Crippen molar-refractivity contribution in [1.82, 2.24) is 4.90 Å². The molecule has 0 aromatic rings. The summed E-state index contributed by atoms with van der Waals surface area (Å²) in [6, 6.07) is 0. The van der Waals surface area contributed by atoms with Gasteiger partial charge < -0.3 is 10.0 Å². The Morgan fingerprint density at radius 2 is 2.23 bits per heavy atom. The van der Waals surface area contributed by atoms with Crippen LogP contribution in [0.25, 0.3) is 0 Å². The van der Waals surface area contributed by atoms with Gasteiger partial charge in [-0.25, -0.2) is 0 Å². The van der Waals surface area contributed by atoms with E-state index in [4.69, 9.17) is 0 Å². The zero-order valence-corrected chi connectivity index (χ0v) is 9.05. The molecule has 0 radical (unpaired) electrons. The fourth-order valence-electron chi connectivity index (χ4n) is 1.62. The quantitative estimate of drug-likeness (QED) is 0.716. The Kier molecular flexibility index (Phi) is 4.91. The van der Waals surface area contributed by atoms with Gasteiger partial charge in [-0.15, -0.1) is 0 Å². The molecule has 3 nitrogen and oxygen atoms in total. The highest BCUT2D eigenvalue weighted by atomic mass is 32.2. The molecule has 1 fully saturated rings. The Morgan fingerprint density at radius 3 is 2.92 bits per heavy atom. The summed E-state index contributed by atoms with van der Waals surface area (Å²) in [7, 11) is -0.686. The minimum absolute atomic E-state index is 0.114. The Bertz CT molecular complexity index is 175. The summed E-state index contributed by atoms with van der Waals surface area (Å²) in [5, 5.41) is 9.40. The SMILES string of the molecule is CS(=O)CCN1CCCC(O)CC1. The van der Waals surface area contributed by atoms with E-state index in [0.717, 1.165) is 44.6 Å². The average molecular weight is 205 g/mol. The van der Waals surface area contributed by atoms with Crippen LogP contribution in [0.1, 0.15) is 19.3 Å². The highest BCUT2D eigenvalue weighted by molar-refractivity contribution is 7.84. The summed E-state index contributed by atoms with van der Waals surface area (Å²) < 4.78 is 10.9. The van der Waals surface area contributed by atoms with Crippen molar-refractivity contribution in [2.75, 3.05) is 31.6 Å². The molecule has 1 aliphatic heterocycles. The number of hydrogen-bond acceptors (Lipinski definition) is 3. The number of nitrogens with zero attached hydrogens (tertiary/aromatic N) is 1. The third-order valence-electron chi connectivity index (χ3n) is 2.49. The van der Waals surface area contributed by atoms with Gasteiger partial charge in [0, 0.05) is 35.9 Å². The summed E-state index contributed by atoms with van der Waals surface area (Å²) in [6.07, 6.45) is 4.49. The number of aliphatic hydroxyl groups excluding tert-OH is 1. The molecule has 4 heteroatoms. The first-order valence-electron chi connectivity index (χ1n) is 4.89. The van der Waals surface area contributed by atoms with E-state index >= 15 is 0 Å². The van der Waals surface area contributed by atoms with Crippen molar-refractivity contribution < 1.29 is 9.32 Å². The lowest BCUT2D eigenvalue weighted by Crippen LogP contribution is -2.29. The lowest BCUT2D eigenvalue weighted by atomic mass is 10.2. The van der Waals surface area contributed by atoms with E-state index in [2.05, 4.69) is 4.90 Å². The monoisotopic (exact) mass is 205 g/mol. The lowest BCUT2D eigenvalue weighted by Gasteiger charge is -2.18. The molecule has 0 aliphatic carbocycles. The minimum Gasteiger partial charge on any atom is -0.393 e. The van der Waals surface area contributed by atoms with Crippen LogP contribution >= 0.6 is 0 Å². The van der Waals surface area contributed by atoms with Gasteiger partial charge in [-0.3, -0.25) is 4.21 Å². The van der Waals surface area contributed by atoms with Gasteiger partial charge in [0.05, 0.1) is 6.10 Å². The first-order valence-corrected chi connectivity index (χ1v) is 6.61. The molecule has 13 heavy (non-hydrogen) atoms. The molecule has 0 aromatic heterocycles.